The number of halogens is 2. The van der Waals surface area contributed by atoms with E-state index in [1.54, 1.807) is 0 Å². The Balaban J connectivity index is -0.00000000522. The summed E-state index contributed by atoms with van der Waals surface area (Å²) >= 11 is 4.51. The molecule has 152 valence electrons. The summed E-state index contributed by atoms with van der Waals surface area (Å²) < 4.78 is 3.26. The van der Waals surface area contributed by atoms with Gasteiger partial charge in [0.1, 0.15) is 0 Å². The molecule has 0 spiro atoms. The van der Waals surface area contributed by atoms with Gasteiger partial charge in [0.25, 0.3) is 0 Å². The molecular formula is C13H46B3I2N3P2V-. The summed E-state index contributed by atoms with van der Waals surface area (Å²) in [5.74, 6) is 0. The third kappa shape index (κ3) is 907. The van der Waals surface area contributed by atoms with E-state index in [0.717, 1.165) is 0 Å². The van der Waals surface area contributed by atoms with Crippen molar-refractivity contribution in [3.8, 4) is 0 Å². The van der Waals surface area contributed by atoms with E-state index in [1.807, 2.05) is 57.8 Å². The molecule has 2 unspecified atom stereocenters. The minimum Gasteiger partial charge on any atom is -0.344 e. The molecule has 11 heteroatoms. The van der Waals surface area contributed by atoms with Crippen molar-refractivity contribution in [1.82, 2.24) is 6.15 Å². The molecular weight excluding hydrogens is 597 g/mol. The number of hydrogen-bond acceptors (Lipinski definition) is 3. The third-order valence-corrected chi connectivity index (χ3v) is 1.27. The van der Waals surface area contributed by atoms with Gasteiger partial charge in [-0.25, -0.2) is 0 Å². The first kappa shape index (κ1) is 93.2. The second kappa shape index (κ2) is 333. The molecule has 7 N–H and O–H groups in total. The fourth-order valence-electron chi connectivity index (χ4n) is 0. The van der Waals surface area contributed by atoms with Crippen LogP contribution in [0, 0.1) is 4.43 Å². The van der Waals surface area contributed by atoms with Crippen LogP contribution in [0.3, 0.4) is 0 Å². The Hall–Kier alpha value is 2.98. The van der Waals surface area contributed by atoms with Crippen LogP contribution in [0.1, 0.15) is 75.7 Å². The van der Waals surface area contributed by atoms with Crippen LogP contribution < -0.4 is 17.2 Å². The normalized spacial score (nSPS) is 3.75. The predicted molar refractivity (Wildman–Crippen MR) is 149 cm³/mol. The maximum Gasteiger partial charge on any atom is 0 e. The Kier molecular flexibility index (Phi) is 1290. The quantitative estimate of drug-likeness (QED) is 0.107. The molecule has 24 heavy (non-hydrogen) atoms. The van der Waals surface area contributed by atoms with Crippen LogP contribution >= 0.6 is 64.0 Å². The third-order valence-electron chi connectivity index (χ3n) is 0.189. The van der Waals surface area contributed by atoms with Gasteiger partial charge < -0.3 is 39.7 Å². The maximum atomic E-state index is 4.42. The first-order chi connectivity index (χ1) is 8.74. The van der Waals surface area contributed by atoms with Gasteiger partial charge in [-0.05, 0) is 10.8 Å². The summed E-state index contributed by atoms with van der Waals surface area (Å²) in [7, 11) is 3.83. The van der Waals surface area contributed by atoms with Gasteiger partial charge in [-0.1, -0.05) is 104 Å². The van der Waals surface area contributed by atoms with E-state index in [0.29, 0.717) is 0 Å². The van der Waals surface area contributed by atoms with Gasteiger partial charge in [0.05, 0.1) is 0 Å². The number of hydrogen-bond donors (Lipinski definition) is 3. The Bertz CT molecular complexity index is 60.4. The van der Waals surface area contributed by atoms with E-state index in [4.69, 9.17) is 0 Å². The second-order valence-corrected chi connectivity index (χ2v) is 3.94. The second-order valence-electron chi connectivity index (χ2n) is 1.61. The minimum absolute atomic E-state index is 0. The van der Waals surface area contributed by atoms with Crippen molar-refractivity contribution in [3.05, 3.63) is 4.43 Å². The molecule has 0 bridgehead atoms. The molecule has 0 aliphatic rings. The average molecular weight is 644 g/mol. The summed E-state index contributed by atoms with van der Waals surface area (Å²) in [6.45, 7) is 16.4. The number of nitrogens with two attached hydrogens (primary N) is 2. The van der Waals surface area contributed by atoms with Crippen molar-refractivity contribution in [2.24, 2.45) is 11.0 Å². The summed E-state index contributed by atoms with van der Waals surface area (Å²) in [4.78, 5) is 0. The zero-order chi connectivity index (χ0) is 16.8. The first-order valence-electron chi connectivity index (χ1n) is 6.35. The molecule has 0 fully saturated rings. The molecule has 0 aromatic heterocycles. The Labute approximate surface area is 207 Å². The molecule has 3 nitrogen and oxygen atoms in total. The molecule has 0 saturated carbocycles. The summed E-state index contributed by atoms with van der Waals surface area (Å²) in [5.41, 5.74) is 8.83. The molecule has 0 saturated heterocycles. The summed E-state index contributed by atoms with van der Waals surface area (Å²) in [6.07, 6.45) is 2.56. The van der Waals surface area contributed by atoms with Gasteiger partial charge in [-0.2, -0.15) is 6.92 Å². The largest absolute Gasteiger partial charge is 0.344 e. The first-order valence-corrected chi connectivity index (χ1v) is 10.5. The van der Waals surface area contributed by atoms with Crippen molar-refractivity contribution in [1.29, 1.82) is 0 Å². The van der Waals surface area contributed by atoms with E-state index >= 15 is 0 Å². The molecule has 0 rings (SSSR count). The van der Waals surface area contributed by atoms with E-state index in [-0.39, 0.29) is 57.4 Å². The van der Waals surface area contributed by atoms with Crippen molar-refractivity contribution in [2.45, 2.75) is 75.7 Å². The zero-order valence-electron chi connectivity index (χ0n) is 16.7. The Morgan fingerprint density at radius 2 is 0.875 bits per heavy atom. The van der Waals surface area contributed by atoms with Gasteiger partial charge in [0.2, 0.25) is 0 Å². The monoisotopic (exact) mass is 644 g/mol. The van der Waals surface area contributed by atoms with Crippen LogP contribution in [0.5, 0.6) is 0 Å². The SMILES string of the molecule is C.CC.CC.CCC.CCCI.C[CH-]I.N.NP.NP.[B].[B].[B].[V]. The fourth-order valence-corrected chi connectivity index (χ4v) is 0. The van der Waals surface area contributed by atoms with Crippen LogP contribution in [0.4, 0.5) is 0 Å². The molecule has 10 radical (unpaired) electrons. The molecule has 0 aliphatic heterocycles. The van der Waals surface area contributed by atoms with Crippen molar-refractivity contribution in [2.75, 3.05) is 4.43 Å². The van der Waals surface area contributed by atoms with Crippen LogP contribution in [-0.2, 0) is 18.6 Å². The summed E-state index contributed by atoms with van der Waals surface area (Å²) in [6, 6.07) is 0. The zero-order valence-corrected chi connectivity index (χ0v) is 24.7. The van der Waals surface area contributed by atoms with E-state index in [2.05, 4.69) is 77.0 Å². The van der Waals surface area contributed by atoms with Crippen molar-refractivity contribution < 1.29 is 18.6 Å². The molecule has 0 amide bonds. The molecule has 0 aliphatic carbocycles. The van der Waals surface area contributed by atoms with E-state index < -0.39 is 0 Å². The molecule has 2 atom stereocenters. The molecule has 0 aromatic carbocycles. The van der Waals surface area contributed by atoms with Gasteiger partial charge in [0, 0.05) is 43.8 Å². The van der Waals surface area contributed by atoms with Crippen LogP contribution in [0.25, 0.3) is 0 Å². The van der Waals surface area contributed by atoms with Gasteiger partial charge in [-0.15, -0.1) is 0 Å². The Morgan fingerprint density at radius 3 is 0.875 bits per heavy atom. The molecule has 0 heterocycles. The van der Waals surface area contributed by atoms with Crippen molar-refractivity contribution in [3.63, 3.8) is 0 Å². The van der Waals surface area contributed by atoms with Crippen molar-refractivity contribution >= 4 is 89.2 Å². The Morgan fingerprint density at radius 1 is 0.833 bits per heavy atom. The topological polar surface area (TPSA) is 87.0 Å². The average Bonchev–Trinajstić information content (AvgIpc) is 2.49. The predicted octanol–water partition coefficient (Wildman–Crippen LogP) is 6.03. The molecule has 0 aromatic rings. The van der Waals surface area contributed by atoms with Gasteiger partial charge in [0.15, 0.2) is 0 Å². The fraction of sp³-hybridized carbons (Fsp3) is 0.923. The number of rotatable bonds is 1. The minimum atomic E-state index is 0. The standard InChI is InChI=1S/C3H7I.C3H8.C2H4I.2C2H6.CH4.3B.2H4NP.H3N.V/c1-2-3-4;1-3-2;1-2-3;2*1-2;;;;;2*1-2;;/h2-3H2,1H3;3H2,1-2H3;2H,1H3;2*1-2H3;1H4;;;;2*1-2H2;1H3;/q;;-1;;;;;;;;;;. The van der Waals surface area contributed by atoms with Gasteiger partial charge >= 0.3 is 0 Å². The maximum absolute atomic E-state index is 4.42. The summed E-state index contributed by atoms with van der Waals surface area (Å²) in [5, 5.41) is 0. The van der Waals surface area contributed by atoms with Crippen LogP contribution in [-0.4, -0.2) is 29.7 Å². The van der Waals surface area contributed by atoms with Gasteiger partial charge in [-0.3, -0.25) is 4.43 Å². The van der Waals surface area contributed by atoms with Crippen LogP contribution in [0.15, 0.2) is 0 Å². The van der Waals surface area contributed by atoms with E-state index in [9.17, 15) is 0 Å². The van der Waals surface area contributed by atoms with E-state index in [1.165, 1.54) is 17.3 Å². The number of alkyl halides is 1. The van der Waals surface area contributed by atoms with Crippen LogP contribution in [0.2, 0.25) is 0 Å². The smallest absolute Gasteiger partial charge is 0 e.